The molecule has 0 amide bonds. The normalized spacial score (nSPS) is 12.4. The Bertz CT molecular complexity index is 317. The van der Waals surface area contributed by atoms with Crippen LogP contribution in [-0.4, -0.2) is 24.7 Å². The van der Waals surface area contributed by atoms with Crippen LogP contribution in [0.2, 0.25) is 0 Å². The zero-order valence-electron chi connectivity index (χ0n) is 11.0. The highest BCUT2D eigenvalue weighted by Crippen LogP contribution is 2.22. The molecule has 1 atom stereocenters. The van der Waals surface area contributed by atoms with Crippen LogP contribution in [0.3, 0.4) is 0 Å². The zero-order chi connectivity index (χ0) is 12.5. The topological polar surface area (TPSA) is 21.3 Å². The van der Waals surface area contributed by atoms with Crippen LogP contribution in [0.15, 0.2) is 24.3 Å². The number of thioether (sulfide) groups is 1. The lowest BCUT2D eigenvalue weighted by Gasteiger charge is -2.18. The molecular formula is C14H23NOS. The van der Waals surface area contributed by atoms with E-state index in [1.165, 1.54) is 5.56 Å². The van der Waals surface area contributed by atoms with E-state index in [9.17, 15) is 0 Å². The van der Waals surface area contributed by atoms with Crippen molar-refractivity contribution in [1.82, 2.24) is 5.32 Å². The Balaban J connectivity index is 2.73. The number of ether oxygens (including phenoxy) is 1. The fourth-order valence-electron chi connectivity index (χ4n) is 1.74. The van der Waals surface area contributed by atoms with Crippen molar-refractivity contribution in [2.75, 3.05) is 24.7 Å². The molecule has 0 aliphatic heterocycles. The molecule has 1 N–H and O–H groups in total. The summed E-state index contributed by atoms with van der Waals surface area (Å²) < 4.78 is 5.54. The third kappa shape index (κ3) is 5.00. The molecule has 0 saturated carbocycles. The first kappa shape index (κ1) is 14.4. The van der Waals surface area contributed by atoms with Gasteiger partial charge in [-0.25, -0.2) is 0 Å². The standard InChI is InChI=1S/C14H23NOS/c1-4-15-14(11-17-6-3)12-8-7-9-13(10-12)16-5-2/h7-10,14-15H,4-6,11H2,1-3H3. The van der Waals surface area contributed by atoms with Gasteiger partial charge in [0.05, 0.1) is 6.61 Å². The molecule has 0 heterocycles. The first-order valence-electron chi connectivity index (χ1n) is 6.35. The summed E-state index contributed by atoms with van der Waals surface area (Å²) in [5.41, 5.74) is 1.32. The second-order valence-electron chi connectivity index (χ2n) is 3.78. The fourth-order valence-corrected chi connectivity index (χ4v) is 2.52. The number of nitrogens with one attached hydrogen (secondary N) is 1. The lowest BCUT2D eigenvalue weighted by molar-refractivity contribution is 0.339. The average Bonchev–Trinajstić information content (AvgIpc) is 2.35. The summed E-state index contributed by atoms with van der Waals surface area (Å²) in [5.74, 6) is 3.24. The Morgan fingerprint density at radius 3 is 2.76 bits per heavy atom. The van der Waals surface area contributed by atoms with Gasteiger partial charge in [0.2, 0.25) is 0 Å². The minimum Gasteiger partial charge on any atom is -0.494 e. The molecule has 2 nitrogen and oxygen atoms in total. The second-order valence-corrected chi connectivity index (χ2v) is 5.09. The molecule has 0 fully saturated rings. The molecule has 0 saturated heterocycles. The molecule has 3 heteroatoms. The summed E-state index contributed by atoms with van der Waals surface area (Å²) in [4.78, 5) is 0. The molecule has 0 spiro atoms. The zero-order valence-corrected chi connectivity index (χ0v) is 11.8. The van der Waals surface area contributed by atoms with Gasteiger partial charge in [0.25, 0.3) is 0 Å². The minimum atomic E-state index is 0.422. The van der Waals surface area contributed by atoms with Crippen LogP contribution >= 0.6 is 11.8 Å². The molecule has 1 aromatic carbocycles. The smallest absolute Gasteiger partial charge is 0.119 e. The molecule has 17 heavy (non-hydrogen) atoms. The molecule has 0 radical (unpaired) electrons. The Morgan fingerprint density at radius 1 is 1.29 bits per heavy atom. The maximum Gasteiger partial charge on any atom is 0.119 e. The highest BCUT2D eigenvalue weighted by molar-refractivity contribution is 7.99. The Hall–Kier alpha value is -0.670. The minimum absolute atomic E-state index is 0.422. The SMILES string of the molecule is CCNC(CSCC)c1cccc(OCC)c1. The van der Waals surface area contributed by atoms with Gasteiger partial charge in [0, 0.05) is 11.8 Å². The van der Waals surface area contributed by atoms with E-state index in [2.05, 4.69) is 37.4 Å². The molecule has 0 aliphatic rings. The van der Waals surface area contributed by atoms with E-state index < -0.39 is 0 Å². The quantitative estimate of drug-likeness (QED) is 0.766. The van der Waals surface area contributed by atoms with E-state index in [1.807, 2.05) is 24.8 Å². The van der Waals surface area contributed by atoms with Crippen molar-refractivity contribution >= 4 is 11.8 Å². The van der Waals surface area contributed by atoms with Gasteiger partial charge in [0.1, 0.15) is 5.75 Å². The predicted molar refractivity (Wildman–Crippen MR) is 77.0 cm³/mol. The summed E-state index contributed by atoms with van der Waals surface area (Å²) in [6.45, 7) is 8.08. The van der Waals surface area contributed by atoms with Gasteiger partial charge in [-0.05, 0) is 36.9 Å². The van der Waals surface area contributed by atoms with Gasteiger partial charge in [-0.3, -0.25) is 0 Å². The summed E-state index contributed by atoms with van der Waals surface area (Å²) in [6.07, 6.45) is 0. The van der Waals surface area contributed by atoms with Crippen molar-refractivity contribution in [3.8, 4) is 5.75 Å². The van der Waals surface area contributed by atoms with Crippen LogP contribution in [0.1, 0.15) is 32.4 Å². The van der Waals surface area contributed by atoms with Gasteiger partial charge in [-0.2, -0.15) is 11.8 Å². The van der Waals surface area contributed by atoms with Crippen molar-refractivity contribution in [2.45, 2.75) is 26.8 Å². The van der Waals surface area contributed by atoms with Gasteiger partial charge in [0.15, 0.2) is 0 Å². The number of hydrogen-bond acceptors (Lipinski definition) is 3. The molecule has 0 aromatic heterocycles. The maximum absolute atomic E-state index is 5.54. The first-order chi connectivity index (χ1) is 8.31. The Labute approximate surface area is 109 Å². The maximum atomic E-state index is 5.54. The molecule has 1 aromatic rings. The third-order valence-electron chi connectivity index (χ3n) is 2.51. The molecule has 0 aliphatic carbocycles. The van der Waals surface area contributed by atoms with Crippen molar-refractivity contribution in [3.05, 3.63) is 29.8 Å². The van der Waals surface area contributed by atoms with Crippen molar-refractivity contribution in [3.63, 3.8) is 0 Å². The monoisotopic (exact) mass is 253 g/mol. The predicted octanol–water partition coefficient (Wildman–Crippen LogP) is 3.49. The molecule has 1 rings (SSSR count). The largest absolute Gasteiger partial charge is 0.494 e. The average molecular weight is 253 g/mol. The highest BCUT2D eigenvalue weighted by atomic mass is 32.2. The second kappa shape index (κ2) is 8.43. The fraction of sp³-hybridized carbons (Fsp3) is 0.571. The number of hydrogen-bond donors (Lipinski definition) is 1. The highest BCUT2D eigenvalue weighted by Gasteiger charge is 2.10. The van der Waals surface area contributed by atoms with Crippen LogP contribution < -0.4 is 10.1 Å². The summed E-state index contributed by atoms with van der Waals surface area (Å²) in [6, 6.07) is 8.83. The van der Waals surface area contributed by atoms with Crippen LogP contribution in [0.5, 0.6) is 5.75 Å². The summed E-state index contributed by atoms with van der Waals surface area (Å²) in [7, 11) is 0. The Kier molecular flexibility index (Phi) is 7.13. The van der Waals surface area contributed by atoms with Crippen LogP contribution in [-0.2, 0) is 0 Å². The van der Waals surface area contributed by atoms with Gasteiger partial charge >= 0.3 is 0 Å². The number of benzene rings is 1. The molecule has 96 valence electrons. The Morgan fingerprint density at radius 2 is 2.12 bits per heavy atom. The van der Waals surface area contributed by atoms with E-state index in [0.717, 1.165) is 30.4 Å². The van der Waals surface area contributed by atoms with E-state index in [4.69, 9.17) is 4.74 Å². The molecular weight excluding hydrogens is 230 g/mol. The third-order valence-corrected chi connectivity index (χ3v) is 3.49. The number of rotatable bonds is 8. The first-order valence-corrected chi connectivity index (χ1v) is 7.51. The van der Waals surface area contributed by atoms with Crippen molar-refractivity contribution in [2.24, 2.45) is 0 Å². The summed E-state index contributed by atoms with van der Waals surface area (Å²) in [5, 5.41) is 3.53. The van der Waals surface area contributed by atoms with E-state index in [1.54, 1.807) is 0 Å². The van der Waals surface area contributed by atoms with Crippen LogP contribution in [0, 0.1) is 0 Å². The molecule has 1 unspecified atom stereocenters. The van der Waals surface area contributed by atoms with Crippen molar-refractivity contribution < 1.29 is 4.74 Å². The lowest BCUT2D eigenvalue weighted by Crippen LogP contribution is -2.23. The van der Waals surface area contributed by atoms with E-state index in [0.29, 0.717) is 6.04 Å². The summed E-state index contributed by atoms with van der Waals surface area (Å²) >= 11 is 1.97. The van der Waals surface area contributed by atoms with E-state index in [-0.39, 0.29) is 0 Å². The van der Waals surface area contributed by atoms with E-state index >= 15 is 0 Å². The van der Waals surface area contributed by atoms with Crippen LogP contribution in [0.25, 0.3) is 0 Å². The van der Waals surface area contributed by atoms with Crippen molar-refractivity contribution in [1.29, 1.82) is 0 Å². The van der Waals surface area contributed by atoms with Gasteiger partial charge in [-0.15, -0.1) is 0 Å². The van der Waals surface area contributed by atoms with Crippen LogP contribution in [0.4, 0.5) is 0 Å². The van der Waals surface area contributed by atoms with Gasteiger partial charge in [-0.1, -0.05) is 26.0 Å². The van der Waals surface area contributed by atoms with Gasteiger partial charge < -0.3 is 10.1 Å². The molecule has 0 bridgehead atoms. The lowest BCUT2D eigenvalue weighted by atomic mass is 10.1.